The average molecular weight is 407 g/mol. The highest BCUT2D eigenvalue weighted by Crippen LogP contribution is 2.31. The molecule has 2 aromatic rings. The summed E-state index contributed by atoms with van der Waals surface area (Å²) in [6.45, 7) is -0.772. The second-order valence-corrected chi connectivity index (χ2v) is 6.68. The van der Waals surface area contributed by atoms with Gasteiger partial charge in [0.05, 0.1) is 3.57 Å². The molecule has 0 bridgehead atoms. The van der Waals surface area contributed by atoms with Gasteiger partial charge in [-0.25, -0.2) is 17.9 Å². The first-order chi connectivity index (χ1) is 9.41. The van der Waals surface area contributed by atoms with Gasteiger partial charge in [0.1, 0.15) is 23.1 Å². The van der Waals surface area contributed by atoms with Gasteiger partial charge in [0, 0.05) is 0 Å². The van der Waals surface area contributed by atoms with E-state index in [9.17, 15) is 12.8 Å². The molecular formula is C13H11FINO3S. The van der Waals surface area contributed by atoms with Crippen LogP contribution in [0, 0.1) is 3.57 Å². The van der Waals surface area contributed by atoms with Crippen LogP contribution in [0.1, 0.15) is 5.56 Å². The molecule has 0 atom stereocenters. The van der Waals surface area contributed by atoms with Crippen molar-refractivity contribution in [3.05, 3.63) is 51.6 Å². The minimum absolute atomic E-state index is 0.0776. The number of halogens is 2. The lowest BCUT2D eigenvalue weighted by Gasteiger charge is -2.12. The second-order valence-electron chi connectivity index (χ2n) is 3.99. The number of nitrogens with two attached hydrogens (primary N) is 1. The van der Waals surface area contributed by atoms with Gasteiger partial charge in [-0.05, 0) is 52.4 Å². The SMILES string of the molecule is NS(=O)(=O)c1cc(CF)ccc1Oc1ccccc1I. The molecule has 0 aliphatic rings. The Hall–Kier alpha value is -1.19. The molecule has 0 spiro atoms. The Balaban J connectivity index is 2.49. The molecule has 106 valence electrons. The molecule has 0 saturated heterocycles. The topological polar surface area (TPSA) is 69.4 Å². The van der Waals surface area contributed by atoms with Crippen LogP contribution in [0.15, 0.2) is 47.4 Å². The van der Waals surface area contributed by atoms with E-state index in [0.717, 1.165) is 3.57 Å². The third kappa shape index (κ3) is 3.47. The van der Waals surface area contributed by atoms with E-state index in [1.165, 1.54) is 18.2 Å². The van der Waals surface area contributed by atoms with Crippen molar-refractivity contribution in [2.24, 2.45) is 5.14 Å². The lowest BCUT2D eigenvalue weighted by molar-refractivity contribution is 0.459. The number of para-hydroxylation sites is 1. The molecule has 0 radical (unpaired) electrons. The first-order valence-corrected chi connectivity index (χ1v) is 8.18. The summed E-state index contributed by atoms with van der Waals surface area (Å²) in [5.74, 6) is 0.583. The number of hydrogen-bond acceptors (Lipinski definition) is 3. The van der Waals surface area contributed by atoms with Gasteiger partial charge in [-0.2, -0.15) is 0 Å². The maximum atomic E-state index is 12.6. The van der Waals surface area contributed by atoms with Crippen molar-refractivity contribution < 1.29 is 17.5 Å². The standard InChI is InChI=1S/C13H11FINO3S/c14-8-9-5-6-12(13(7-9)20(16,17)18)19-11-4-2-1-3-10(11)15/h1-7H,8H2,(H2,16,17,18). The lowest BCUT2D eigenvalue weighted by atomic mass is 10.2. The van der Waals surface area contributed by atoms with Gasteiger partial charge < -0.3 is 4.74 Å². The van der Waals surface area contributed by atoms with Crippen LogP contribution in [-0.4, -0.2) is 8.42 Å². The Kier molecular flexibility index (Phi) is 4.61. The molecule has 4 nitrogen and oxygen atoms in total. The lowest BCUT2D eigenvalue weighted by Crippen LogP contribution is -2.13. The van der Waals surface area contributed by atoms with Crippen LogP contribution in [0.5, 0.6) is 11.5 Å². The average Bonchev–Trinajstić information content (AvgIpc) is 2.40. The van der Waals surface area contributed by atoms with E-state index >= 15 is 0 Å². The number of sulfonamides is 1. The molecule has 7 heteroatoms. The first kappa shape index (κ1) is 15.2. The zero-order valence-corrected chi connectivity index (χ0v) is 13.2. The van der Waals surface area contributed by atoms with Crippen molar-refractivity contribution >= 4 is 32.6 Å². The van der Waals surface area contributed by atoms with E-state index in [1.807, 2.05) is 12.1 Å². The molecule has 0 aliphatic heterocycles. The number of hydrogen-bond donors (Lipinski definition) is 1. The number of alkyl halides is 1. The third-order valence-corrected chi connectivity index (χ3v) is 4.35. The van der Waals surface area contributed by atoms with Crippen molar-refractivity contribution in [1.82, 2.24) is 0 Å². The van der Waals surface area contributed by atoms with Gasteiger partial charge in [-0.15, -0.1) is 0 Å². The molecule has 0 amide bonds. The molecule has 2 aromatic carbocycles. The Morgan fingerprint density at radius 2 is 1.85 bits per heavy atom. The molecule has 2 N–H and O–H groups in total. The summed E-state index contributed by atoms with van der Waals surface area (Å²) in [4.78, 5) is -0.229. The molecule has 0 aliphatic carbocycles. The predicted molar refractivity (Wildman–Crippen MR) is 81.9 cm³/mol. The van der Waals surface area contributed by atoms with Gasteiger partial charge in [0.2, 0.25) is 10.0 Å². The zero-order valence-electron chi connectivity index (χ0n) is 10.2. The van der Waals surface area contributed by atoms with Crippen molar-refractivity contribution in [2.75, 3.05) is 0 Å². The number of primary sulfonamides is 1. The van der Waals surface area contributed by atoms with Crippen molar-refractivity contribution in [2.45, 2.75) is 11.6 Å². The van der Waals surface area contributed by atoms with Crippen LogP contribution in [-0.2, 0) is 16.7 Å². The Morgan fingerprint density at radius 1 is 1.15 bits per heavy atom. The quantitative estimate of drug-likeness (QED) is 0.792. The monoisotopic (exact) mass is 407 g/mol. The highest BCUT2D eigenvalue weighted by atomic mass is 127. The molecule has 0 fully saturated rings. The van der Waals surface area contributed by atoms with Crippen LogP contribution in [0.2, 0.25) is 0 Å². The van der Waals surface area contributed by atoms with Crippen LogP contribution in [0.25, 0.3) is 0 Å². The van der Waals surface area contributed by atoms with Gasteiger partial charge in [-0.3, -0.25) is 0 Å². The van der Waals surface area contributed by atoms with Gasteiger partial charge in [0.15, 0.2) is 0 Å². The van der Waals surface area contributed by atoms with Crippen LogP contribution >= 0.6 is 22.6 Å². The van der Waals surface area contributed by atoms with Crippen LogP contribution < -0.4 is 9.88 Å². The highest BCUT2D eigenvalue weighted by Gasteiger charge is 2.17. The van der Waals surface area contributed by atoms with E-state index in [2.05, 4.69) is 22.6 Å². The van der Waals surface area contributed by atoms with E-state index < -0.39 is 16.7 Å². The van der Waals surface area contributed by atoms with E-state index in [-0.39, 0.29) is 16.2 Å². The van der Waals surface area contributed by atoms with Gasteiger partial charge in [-0.1, -0.05) is 18.2 Å². The van der Waals surface area contributed by atoms with E-state index in [1.54, 1.807) is 12.1 Å². The summed E-state index contributed by atoms with van der Waals surface area (Å²) in [6, 6.07) is 11.2. The maximum Gasteiger partial charge on any atom is 0.241 e. The molecular weight excluding hydrogens is 396 g/mol. The smallest absolute Gasteiger partial charge is 0.241 e. The molecule has 0 unspecified atom stereocenters. The van der Waals surface area contributed by atoms with Crippen LogP contribution in [0.4, 0.5) is 4.39 Å². The summed E-state index contributed by atoms with van der Waals surface area (Å²) in [6.07, 6.45) is 0. The third-order valence-electron chi connectivity index (χ3n) is 2.53. The number of benzene rings is 2. The summed E-state index contributed by atoms with van der Waals surface area (Å²) in [5.41, 5.74) is 0.226. The molecule has 0 saturated carbocycles. The molecule has 20 heavy (non-hydrogen) atoms. The summed E-state index contributed by atoms with van der Waals surface area (Å²) >= 11 is 2.07. The van der Waals surface area contributed by atoms with E-state index in [0.29, 0.717) is 5.75 Å². The largest absolute Gasteiger partial charge is 0.455 e. The fourth-order valence-corrected chi connectivity index (χ4v) is 2.79. The van der Waals surface area contributed by atoms with E-state index in [4.69, 9.17) is 9.88 Å². The second kappa shape index (κ2) is 6.06. The van der Waals surface area contributed by atoms with Gasteiger partial charge in [0.25, 0.3) is 0 Å². The maximum absolute atomic E-state index is 12.6. The highest BCUT2D eigenvalue weighted by molar-refractivity contribution is 14.1. The minimum Gasteiger partial charge on any atom is -0.455 e. The molecule has 2 rings (SSSR count). The number of ether oxygens (including phenoxy) is 1. The Labute approximate surface area is 129 Å². The van der Waals surface area contributed by atoms with Crippen molar-refractivity contribution in [3.63, 3.8) is 0 Å². The Morgan fingerprint density at radius 3 is 2.45 bits per heavy atom. The molecule has 0 aromatic heterocycles. The summed E-state index contributed by atoms with van der Waals surface area (Å²) < 4.78 is 42.2. The zero-order chi connectivity index (χ0) is 14.8. The minimum atomic E-state index is -3.99. The predicted octanol–water partition coefficient (Wildman–Crippen LogP) is 3.20. The normalized spacial score (nSPS) is 11.3. The van der Waals surface area contributed by atoms with Crippen LogP contribution in [0.3, 0.4) is 0 Å². The fraction of sp³-hybridized carbons (Fsp3) is 0.0769. The first-order valence-electron chi connectivity index (χ1n) is 5.56. The Bertz CT molecular complexity index is 734. The van der Waals surface area contributed by atoms with Crippen molar-refractivity contribution in [1.29, 1.82) is 0 Å². The summed E-state index contributed by atoms with van der Waals surface area (Å²) in [5, 5.41) is 5.14. The summed E-state index contributed by atoms with van der Waals surface area (Å²) in [7, 11) is -3.99. The van der Waals surface area contributed by atoms with Gasteiger partial charge >= 0.3 is 0 Å². The number of rotatable bonds is 4. The molecule has 0 heterocycles. The van der Waals surface area contributed by atoms with Crippen molar-refractivity contribution in [3.8, 4) is 11.5 Å². The fourth-order valence-electron chi connectivity index (χ4n) is 1.59.